The van der Waals surface area contributed by atoms with E-state index in [1.54, 1.807) is 30.2 Å². The summed E-state index contributed by atoms with van der Waals surface area (Å²) in [5.74, 6) is -2.19. The second-order valence-corrected chi connectivity index (χ2v) is 8.04. The molecular formula is C19H14BrN7O4. The Labute approximate surface area is 183 Å². The predicted octanol–water partition coefficient (Wildman–Crippen LogP) is 0.831. The van der Waals surface area contributed by atoms with Gasteiger partial charge in [-0.2, -0.15) is 5.10 Å². The number of amides is 4. The van der Waals surface area contributed by atoms with Crippen LogP contribution in [0.3, 0.4) is 0 Å². The van der Waals surface area contributed by atoms with Gasteiger partial charge in [0, 0.05) is 13.5 Å². The quantitative estimate of drug-likeness (QED) is 0.545. The number of aryl methyl sites for hydroxylation is 1. The first-order valence-electron chi connectivity index (χ1n) is 9.31. The molecule has 2 aliphatic rings. The minimum absolute atomic E-state index is 0.0698. The highest BCUT2D eigenvalue weighted by Gasteiger charge is 2.44. The maximum Gasteiger partial charge on any atom is 0.262 e. The van der Waals surface area contributed by atoms with Gasteiger partial charge in [0.05, 0.1) is 33.7 Å². The highest BCUT2D eigenvalue weighted by molar-refractivity contribution is 9.10. The number of halogens is 1. The van der Waals surface area contributed by atoms with E-state index in [1.807, 2.05) is 0 Å². The number of nitrogens with zero attached hydrogens (tertiary/aromatic N) is 6. The normalized spacial score (nSPS) is 18.5. The number of benzene rings is 1. The molecule has 12 heteroatoms. The van der Waals surface area contributed by atoms with Crippen molar-refractivity contribution in [1.29, 1.82) is 0 Å². The van der Waals surface area contributed by atoms with Gasteiger partial charge in [-0.1, -0.05) is 5.21 Å². The number of carbonyl (C=O) groups excluding carboxylic acids is 4. The molecule has 0 aliphatic carbocycles. The van der Waals surface area contributed by atoms with Crippen LogP contribution in [0, 0.1) is 0 Å². The van der Waals surface area contributed by atoms with Crippen molar-refractivity contribution in [2.24, 2.45) is 7.05 Å². The number of fused-ring (bicyclic) bond motifs is 1. The van der Waals surface area contributed by atoms with E-state index in [-0.39, 0.29) is 24.0 Å². The summed E-state index contributed by atoms with van der Waals surface area (Å²) >= 11 is 3.43. The van der Waals surface area contributed by atoms with E-state index >= 15 is 0 Å². The zero-order chi connectivity index (χ0) is 21.9. The van der Waals surface area contributed by atoms with E-state index in [1.165, 1.54) is 16.8 Å². The van der Waals surface area contributed by atoms with Crippen LogP contribution in [0.15, 0.2) is 35.1 Å². The molecule has 31 heavy (non-hydrogen) atoms. The van der Waals surface area contributed by atoms with Gasteiger partial charge in [-0.15, -0.1) is 5.10 Å². The van der Waals surface area contributed by atoms with E-state index in [4.69, 9.17) is 0 Å². The van der Waals surface area contributed by atoms with Crippen molar-refractivity contribution < 1.29 is 19.2 Å². The molecule has 0 spiro atoms. The Bertz CT molecular complexity index is 1270. The fourth-order valence-corrected chi connectivity index (χ4v) is 4.35. The second kappa shape index (κ2) is 6.94. The Balaban J connectivity index is 1.48. The molecule has 11 nitrogen and oxygen atoms in total. The van der Waals surface area contributed by atoms with Crippen LogP contribution < -0.4 is 5.32 Å². The first kappa shape index (κ1) is 19.3. The minimum Gasteiger partial charge on any atom is -0.295 e. The Morgan fingerprint density at radius 2 is 1.90 bits per heavy atom. The van der Waals surface area contributed by atoms with Gasteiger partial charge in [0.2, 0.25) is 11.8 Å². The van der Waals surface area contributed by atoms with Gasteiger partial charge < -0.3 is 0 Å². The van der Waals surface area contributed by atoms with E-state index in [9.17, 15) is 19.2 Å². The number of piperidine rings is 1. The molecule has 0 bridgehead atoms. The summed E-state index contributed by atoms with van der Waals surface area (Å²) in [5, 5.41) is 14.6. The zero-order valence-corrected chi connectivity index (χ0v) is 17.7. The summed E-state index contributed by atoms with van der Waals surface area (Å²) in [4.78, 5) is 50.3. The molecular weight excluding hydrogens is 470 g/mol. The van der Waals surface area contributed by atoms with Crippen molar-refractivity contribution in [1.82, 2.24) is 35.0 Å². The third-order valence-corrected chi connectivity index (χ3v) is 5.90. The monoisotopic (exact) mass is 483 g/mol. The fraction of sp³-hybridized carbons (Fsp3) is 0.211. The van der Waals surface area contributed by atoms with Crippen molar-refractivity contribution in [2.75, 3.05) is 0 Å². The molecule has 0 saturated carbocycles. The van der Waals surface area contributed by atoms with Crippen molar-refractivity contribution in [3.05, 3.63) is 46.2 Å². The Hall–Kier alpha value is -3.67. The predicted molar refractivity (Wildman–Crippen MR) is 108 cm³/mol. The number of hydrogen-bond acceptors (Lipinski definition) is 7. The number of nitrogens with one attached hydrogen (secondary N) is 1. The molecule has 5 rings (SSSR count). The van der Waals surface area contributed by atoms with Gasteiger partial charge in [0.1, 0.15) is 17.4 Å². The lowest BCUT2D eigenvalue weighted by atomic mass is 10.0. The van der Waals surface area contributed by atoms with Crippen LogP contribution >= 0.6 is 15.9 Å². The molecule has 1 N–H and O–H groups in total. The lowest BCUT2D eigenvalue weighted by Crippen LogP contribution is -2.54. The molecule has 2 aromatic heterocycles. The van der Waals surface area contributed by atoms with Crippen molar-refractivity contribution in [3.8, 4) is 17.1 Å². The third-order valence-electron chi connectivity index (χ3n) is 5.32. The average Bonchev–Trinajstić information content (AvgIpc) is 3.40. The second-order valence-electron chi connectivity index (χ2n) is 7.19. The van der Waals surface area contributed by atoms with Gasteiger partial charge in [-0.25, -0.2) is 4.68 Å². The van der Waals surface area contributed by atoms with E-state index in [0.717, 1.165) is 15.1 Å². The SMILES string of the molecule is Cn1ncc(Br)c1-c1cn(-c2ccc3c(c2)C(=O)N(C2CCC(=O)NC2=O)C3=O)nn1. The smallest absolute Gasteiger partial charge is 0.262 e. The standard InChI is InChI=1S/C19H14BrN7O4/c1-25-16(12(20)7-21-25)13-8-26(24-23-13)9-2-3-10-11(6-9)19(31)27(18(10)30)14-4-5-15(28)22-17(14)29/h2-3,6-8,14H,4-5H2,1H3,(H,22,28,29). The summed E-state index contributed by atoms with van der Waals surface area (Å²) in [6, 6.07) is 3.71. The molecule has 0 radical (unpaired) electrons. The number of aromatic nitrogens is 5. The largest absolute Gasteiger partial charge is 0.295 e. The first-order chi connectivity index (χ1) is 14.8. The number of imide groups is 2. The molecule has 156 valence electrons. The summed E-state index contributed by atoms with van der Waals surface area (Å²) in [7, 11) is 1.78. The molecule has 2 aliphatic heterocycles. The van der Waals surface area contributed by atoms with Crippen LogP contribution in [-0.4, -0.2) is 59.3 Å². The first-order valence-corrected chi connectivity index (χ1v) is 10.1. The minimum atomic E-state index is -1.01. The molecule has 1 unspecified atom stereocenters. The maximum absolute atomic E-state index is 13.0. The van der Waals surface area contributed by atoms with Crippen LogP contribution in [-0.2, 0) is 16.6 Å². The molecule has 4 amide bonds. The van der Waals surface area contributed by atoms with Gasteiger partial charge in [-0.05, 0) is 40.5 Å². The van der Waals surface area contributed by atoms with Crippen LogP contribution in [0.5, 0.6) is 0 Å². The van der Waals surface area contributed by atoms with Gasteiger partial charge in [0.15, 0.2) is 0 Å². The zero-order valence-electron chi connectivity index (χ0n) is 16.1. The van der Waals surface area contributed by atoms with Crippen molar-refractivity contribution in [3.63, 3.8) is 0 Å². The summed E-state index contributed by atoms with van der Waals surface area (Å²) in [5.41, 5.74) is 2.21. The summed E-state index contributed by atoms with van der Waals surface area (Å²) in [6.45, 7) is 0. The topological polar surface area (TPSA) is 132 Å². The number of rotatable bonds is 3. The fourth-order valence-electron chi connectivity index (χ4n) is 3.80. The summed E-state index contributed by atoms with van der Waals surface area (Å²) in [6.07, 6.45) is 3.51. The molecule has 1 saturated heterocycles. The molecule has 4 heterocycles. The third kappa shape index (κ3) is 2.98. The molecule has 3 aromatic rings. The molecule has 1 fully saturated rings. The van der Waals surface area contributed by atoms with Gasteiger partial charge in [0.25, 0.3) is 11.8 Å². The number of hydrogen-bond donors (Lipinski definition) is 1. The van der Waals surface area contributed by atoms with Gasteiger partial charge in [-0.3, -0.25) is 34.1 Å². The van der Waals surface area contributed by atoms with Crippen LogP contribution in [0.2, 0.25) is 0 Å². The van der Waals surface area contributed by atoms with Crippen LogP contribution in [0.4, 0.5) is 0 Å². The Morgan fingerprint density at radius 1 is 1.13 bits per heavy atom. The summed E-state index contributed by atoms with van der Waals surface area (Å²) < 4.78 is 3.90. The van der Waals surface area contributed by atoms with E-state index in [2.05, 4.69) is 36.7 Å². The Morgan fingerprint density at radius 3 is 2.61 bits per heavy atom. The average molecular weight is 484 g/mol. The lowest BCUT2D eigenvalue weighted by molar-refractivity contribution is -0.136. The van der Waals surface area contributed by atoms with E-state index in [0.29, 0.717) is 11.4 Å². The van der Waals surface area contributed by atoms with E-state index < -0.39 is 29.7 Å². The highest BCUT2D eigenvalue weighted by atomic mass is 79.9. The van der Waals surface area contributed by atoms with Crippen molar-refractivity contribution >= 4 is 39.6 Å². The van der Waals surface area contributed by atoms with Crippen LogP contribution in [0.25, 0.3) is 17.1 Å². The molecule has 1 aromatic carbocycles. The lowest BCUT2D eigenvalue weighted by Gasteiger charge is -2.27. The van der Waals surface area contributed by atoms with Gasteiger partial charge >= 0.3 is 0 Å². The number of carbonyl (C=O) groups is 4. The van der Waals surface area contributed by atoms with Crippen LogP contribution in [0.1, 0.15) is 33.6 Å². The molecule has 1 atom stereocenters. The Kier molecular flexibility index (Phi) is 4.32. The maximum atomic E-state index is 13.0. The van der Waals surface area contributed by atoms with Crippen molar-refractivity contribution in [2.45, 2.75) is 18.9 Å². The highest BCUT2D eigenvalue weighted by Crippen LogP contribution is 2.30.